The second-order valence-corrected chi connectivity index (χ2v) is 4.64. The van der Waals surface area contributed by atoms with Gasteiger partial charge in [0.05, 0.1) is 25.7 Å². The lowest BCUT2D eigenvalue weighted by atomic mass is 10.0. The van der Waals surface area contributed by atoms with E-state index in [0.29, 0.717) is 11.2 Å². The zero-order valence-electron chi connectivity index (χ0n) is 10.4. The maximum absolute atomic E-state index is 13.0. The van der Waals surface area contributed by atoms with Crippen molar-refractivity contribution in [2.75, 3.05) is 19.0 Å². The number of aliphatic hydroxyl groups excluding tert-OH is 2. The van der Waals surface area contributed by atoms with Crippen LogP contribution in [0.1, 0.15) is 6.23 Å². The summed E-state index contributed by atoms with van der Waals surface area (Å²) in [6.45, 7) is -1.15. The molecule has 0 aliphatic carbocycles. The van der Waals surface area contributed by atoms with Crippen LogP contribution in [-0.2, 0) is 4.74 Å². The molecule has 1 aliphatic heterocycles. The second kappa shape index (κ2) is 4.93. The Morgan fingerprint density at radius 2 is 2.20 bits per heavy atom. The van der Waals surface area contributed by atoms with Crippen LogP contribution in [-0.4, -0.2) is 55.2 Å². The molecule has 8 nitrogen and oxygen atoms in total. The van der Waals surface area contributed by atoms with Gasteiger partial charge in [-0.1, -0.05) is 0 Å². The van der Waals surface area contributed by atoms with Crippen LogP contribution in [0.4, 0.5) is 10.2 Å². The highest BCUT2D eigenvalue weighted by Gasteiger charge is 2.44. The smallest absolute Gasteiger partial charge is 0.167 e. The van der Waals surface area contributed by atoms with Gasteiger partial charge >= 0.3 is 0 Å². The van der Waals surface area contributed by atoms with Gasteiger partial charge in [-0.2, -0.15) is 0 Å². The average molecular weight is 283 g/mol. The fourth-order valence-corrected chi connectivity index (χ4v) is 2.45. The first-order valence-electron chi connectivity index (χ1n) is 6.10. The summed E-state index contributed by atoms with van der Waals surface area (Å²) in [5.41, 5.74) is 6.45. The molecule has 4 N–H and O–H groups in total. The third kappa shape index (κ3) is 1.82. The molecule has 108 valence electrons. The molecule has 4 atom stereocenters. The molecule has 0 bridgehead atoms. The summed E-state index contributed by atoms with van der Waals surface area (Å²) in [6.07, 6.45) is -0.0685. The Kier molecular flexibility index (Phi) is 3.24. The average Bonchev–Trinajstić information content (AvgIpc) is 3.00. The number of aromatic nitrogens is 4. The van der Waals surface area contributed by atoms with Crippen LogP contribution in [0.25, 0.3) is 11.2 Å². The molecular weight excluding hydrogens is 269 g/mol. The summed E-state index contributed by atoms with van der Waals surface area (Å²) in [6, 6.07) is 0. The maximum atomic E-state index is 13.0. The number of aliphatic hydroxyl groups is 2. The minimum absolute atomic E-state index is 0.210. The Morgan fingerprint density at radius 1 is 1.40 bits per heavy atom. The number of fused-ring (bicyclic) bond motifs is 1. The van der Waals surface area contributed by atoms with Gasteiger partial charge in [-0.05, 0) is 0 Å². The van der Waals surface area contributed by atoms with E-state index in [2.05, 4.69) is 15.0 Å². The van der Waals surface area contributed by atoms with Crippen molar-refractivity contribution in [3.05, 3.63) is 12.7 Å². The number of nitrogens with two attached hydrogens (primary N) is 1. The first-order chi connectivity index (χ1) is 9.67. The summed E-state index contributed by atoms with van der Waals surface area (Å²) < 4.78 is 19.9. The third-order valence-corrected chi connectivity index (χ3v) is 3.54. The quantitative estimate of drug-likeness (QED) is 0.677. The summed E-state index contributed by atoms with van der Waals surface area (Å²) in [5.74, 6) is -0.580. The highest BCUT2D eigenvalue weighted by molar-refractivity contribution is 5.81. The molecule has 2 aromatic rings. The van der Waals surface area contributed by atoms with Gasteiger partial charge in [0.25, 0.3) is 0 Å². The molecule has 0 aromatic carbocycles. The van der Waals surface area contributed by atoms with Gasteiger partial charge in [0.2, 0.25) is 0 Å². The Morgan fingerprint density at radius 3 is 2.85 bits per heavy atom. The van der Waals surface area contributed by atoms with E-state index in [4.69, 9.17) is 10.5 Å². The van der Waals surface area contributed by atoms with E-state index in [9.17, 15) is 14.6 Å². The molecule has 0 amide bonds. The number of hydrogen-bond acceptors (Lipinski definition) is 7. The van der Waals surface area contributed by atoms with Crippen LogP contribution >= 0.6 is 0 Å². The van der Waals surface area contributed by atoms with Gasteiger partial charge in [-0.25, -0.2) is 15.0 Å². The van der Waals surface area contributed by atoms with Crippen molar-refractivity contribution >= 4 is 17.0 Å². The topological polar surface area (TPSA) is 119 Å². The largest absolute Gasteiger partial charge is 0.394 e. The van der Waals surface area contributed by atoms with Gasteiger partial charge < -0.3 is 20.7 Å². The van der Waals surface area contributed by atoms with Gasteiger partial charge in [-0.15, -0.1) is 0 Å². The molecule has 3 heterocycles. The fourth-order valence-electron chi connectivity index (χ4n) is 2.45. The Labute approximate surface area is 113 Å². The summed E-state index contributed by atoms with van der Waals surface area (Å²) in [5, 5.41) is 19.3. The number of nitrogen functional groups attached to an aromatic ring is 1. The normalized spacial score (nSPS) is 30.1. The first kappa shape index (κ1) is 13.2. The fraction of sp³-hybridized carbons (Fsp3) is 0.545. The van der Waals surface area contributed by atoms with Crippen LogP contribution in [0.15, 0.2) is 12.7 Å². The molecular formula is C11H14FN5O3. The summed E-state index contributed by atoms with van der Waals surface area (Å²) >= 11 is 0. The van der Waals surface area contributed by atoms with E-state index in [1.54, 1.807) is 0 Å². The van der Waals surface area contributed by atoms with Gasteiger partial charge in [0.1, 0.15) is 17.9 Å². The Bertz CT molecular complexity index is 621. The van der Waals surface area contributed by atoms with Crippen LogP contribution in [0.2, 0.25) is 0 Å². The number of anilines is 1. The molecule has 20 heavy (non-hydrogen) atoms. The SMILES string of the molecule is Nc1ncnc2c1ncn2[C@@H]1OC(CO)[C@@H](CF)[C@H]1O. The number of nitrogens with zero attached hydrogens (tertiary/aromatic N) is 4. The molecule has 0 radical (unpaired) electrons. The zero-order chi connectivity index (χ0) is 14.3. The zero-order valence-corrected chi connectivity index (χ0v) is 10.4. The number of rotatable bonds is 3. The van der Waals surface area contributed by atoms with E-state index >= 15 is 0 Å². The lowest BCUT2D eigenvalue weighted by molar-refractivity contribution is -0.0494. The molecule has 2 aromatic heterocycles. The van der Waals surface area contributed by atoms with Crippen LogP contribution in [0.5, 0.6) is 0 Å². The van der Waals surface area contributed by atoms with Crippen LogP contribution in [0.3, 0.4) is 0 Å². The highest BCUT2D eigenvalue weighted by Crippen LogP contribution is 2.35. The van der Waals surface area contributed by atoms with Crippen molar-refractivity contribution in [3.8, 4) is 0 Å². The van der Waals surface area contributed by atoms with Crippen molar-refractivity contribution < 1.29 is 19.3 Å². The standard InChI is InChI=1S/C11H14FN5O3/c12-1-5-6(2-18)20-11(8(5)19)17-4-16-7-9(13)14-3-15-10(7)17/h3-6,8,11,18-19H,1-2H2,(H2,13,14,15)/t5-,6?,8-,11-/m1/s1. The van der Waals surface area contributed by atoms with E-state index in [1.165, 1.54) is 17.2 Å². The van der Waals surface area contributed by atoms with Crippen molar-refractivity contribution in [1.82, 2.24) is 19.5 Å². The molecule has 0 saturated carbocycles. The molecule has 9 heteroatoms. The van der Waals surface area contributed by atoms with Gasteiger partial charge in [-0.3, -0.25) is 8.96 Å². The summed E-state index contributed by atoms with van der Waals surface area (Å²) in [7, 11) is 0. The first-order valence-corrected chi connectivity index (χ1v) is 6.10. The Balaban J connectivity index is 2.01. The monoisotopic (exact) mass is 283 g/mol. The molecule has 1 fully saturated rings. The maximum Gasteiger partial charge on any atom is 0.167 e. The molecule has 1 aliphatic rings. The van der Waals surface area contributed by atoms with Crippen molar-refractivity contribution in [1.29, 1.82) is 0 Å². The lowest BCUT2D eigenvalue weighted by Crippen LogP contribution is -2.29. The van der Waals surface area contributed by atoms with E-state index < -0.39 is 31.0 Å². The minimum atomic E-state index is -1.11. The van der Waals surface area contributed by atoms with Crippen LogP contribution in [0, 0.1) is 5.92 Å². The van der Waals surface area contributed by atoms with E-state index in [1.807, 2.05) is 0 Å². The third-order valence-electron chi connectivity index (χ3n) is 3.54. The van der Waals surface area contributed by atoms with Crippen molar-refractivity contribution in [2.45, 2.75) is 18.4 Å². The Hall–Kier alpha value is -1.84. The number of hydrogen-bond donors (Lipinski definition) is 3. The van der Waals surface area contributed by atoms with Crippen molar-refractivity contribution in [3.63, 3.8) is 0 Å². The number of imidazole rings is 1. The highest BCUT2D eigenvalue weighted by atomic mass is 19.1. The lowest BCUT2D eigenvalue weighted by Gasteiger charge is -2.17. The molecule has 1 unspecified atom stereocenters. The van der Waals surface area contributed by atoms with Crippen LogP contribution < -0.4 is 5.73 Å². The number of ether oxygens (including phenoxy) is 1. The predicted molar refractivity (Wildman–Crippen MR) is 66.2 cm³/mol. The van der Waals surface area contributed by atoms with Gasteiger partial charge in [0.15, 0.2) is 17.7 Å². The summed E-state index contributed by atoms with van der Waals surface area (Å²) in [4.78, 5) is 11.9. The molecule has 0 spiro atoms. The molecule has 1 saturated heterocycles. The minimum Gasteiger partial charge on any atom is -0.394 e. The van der Waals surface area contributed by atoms with E-state index in [-0.39, 0.29) is 12.4 Å². The molecule has 3 rings (SSSR count). The number of alkyl halides is 1. The number of halogens is 1. The van der Waals surface area contributed by atoms with Gasteiger partial charge in [0, 0.05) is 5.92 Å². The predicted octanol–water partition coefficient (Wildman–Crippen LogP) is -0.755. The van der Waals surface area contributed by atoms with Crippen molar-refractivity contribution in [2.24, 2.45) is 5.92 Å². The second-order valence-electron chi connectivity index (χ2n) is 4.64. The van der Waals surface area contributed by atoms with E-state index in [0.717, 1.165) is 0 Å².